The van der Waals surface area contributed by atoms with Crippen LogP contribution in [-0.4, -0.2) is 28.5 Å². The molecular weight excluding hydrogens is 321 g/mol. The monoisotopic (exact) mass is 341 g/mol. The third kappa shape index (κ3) is 4.15. The van der Waals surface area contributed by atoms with E-state index in [1.807, 2.05) is 19.9 Å². The lowest BCUT2D eigenvalue weighted by atomic mass is 10.1. The van der Waals surface area contributed by atoms with Gasteiger partial charge < -0.3 is 15.0 Å². The standard InChI is InChI=1S/C19H20FN3O2/c1-12(2)25-18-6-3-13(9-15(18)20)7-8-21-19(24)14-4-5-16-17(10-14)23-11-22-16/h3-6,9-12H,7-8H2,1-2H3,(H,21,24)(H,22,23). The number of fused-ring (bicyclic) bond motifs is 1. The molecule has 0 unspecified atom stereocenters. The fourth-order valence-electron chi connectivity index (χ4n) is 2.55. The first kappa shape index (κ1) is 17.0. The maximum absolute atomic E-state index is 14.0. The first-order valence-electron chi connectivity index (χ1n) is 8.19. The summed E-state index contributed by atoms with van der Waals surface area (Å²) in [5.74, 6) is -0.311. The molecule has 0 radical (unpaired) electrons. The van der Waals surface area contributed by atoms with Crippen molar-refractivity contribution in [1.82, 2.24) is 15.3 Å². The number of benzene rings is 2. The maximum Gasteiger partial charge on any atom is 0.251 e. The van der Waals surface area contributed by atoms with E-state index < -0.39 is 0 Å². The van der Waals surface area contributed by atoms with E-state index in [0.29, 0.717) is 18.5 Å². The molecule has 0 aliphatic rings. The Morgan fingerprint density at radius 2 is 2.12 bits per heavy atom. The smallest absolute Gasteiger partial charge is 0.251 e. The summed E-state index contributed by atoms with van der Waals surface area (Å²) in [6, 6.07) is 10.2. The number of halogens is 1. The molecular formula is C19H20FN3O2. The van der Waals surface area contributed by atoms with Gasteiger partial charge in [0.15, 0.2) is 11.6 Å². The number of H-pyrrole nitrogens is 1. The maximum atomic E-state index is 14.0. The van der Waals surface area contributed by atoms with Gasteiger partial charge in [-0.3, -0.25) is 4.79 Å². The van der Waals surface area contributed by atoms with Gasteiger partial charge >= 0.3 is 0 Å². The number of hydrogen-bond donors (Lipinski definition) is 2. The summed E-state index contributed by atoms with van der Waals surface area (Å²) in [4.78, 5) is 19.3. The van der Waals surface area contributed by atoms with Crippen molar-refractivity contribution < 1.29 is 13.9 Å². The second-order valence-electron chi connectivity index (χ2n) is 6.07. The largest absolute Gasteiger partial charge is 0.488 e. The van der Waals surface area contributed by atoms with Gasteiger partial charge in [0.1, 0.15) is 0 Å². The van der Waals surface area contributed by atoms with Gasteiger partial charge in [0.25, 0.3) is 5.91 Å². The topological polar surface area (TPSA) is 67.0 Å². The van der Waals surface area contributed by atoms with E-state index >= 15 is 0 Å². The van der Waals surface area contributed by atoms with E-state index in [-0.39, 0.29) is 23.6 Å². The van der Waals surface area contributed by atoms with E-state index in [0.717, 1.165) is 16.6 Å². The van der Waals surface area contributed by atoms with Crippen LogP contribution in [0.1, 0.15) is 29.8 Å². The highest BCUT2D eigenvalue weighted by Crippen LogP contribution is 2.20. The van der Waals surface area contributed by atoms with E-state index in [1.165, 1.54) is 6.07 Å². The van der Waals surface area contributed by atoms with Gasteiger partial charge in [0.05, 0.1) is 23.5 Å². The SMILES string of the molecule is CC(C)Oc1ccc(CCNC(=O)c2ccc3nc[nH]c3c2)cc1F. The number of amides is 1. The highest BCUT2D eigenvalue weighted by molar-refractivity contribution is 5.97. The minimum Gasteiger partial charge on any atom is -0.488 e. The zero-order valence-electron chi connectivity index (χ0n) is 14.2. The number of hydrogen-bond acceptors (Lipinski definition) is 3. The molecule has 0 saturated carbocycles. The second kappa shape index (κ2) is 7.34. The van der Waals surface area contributed by atoms with Crippen molar-refractivity contribution in [2.45, 2.75) is 26.4 Å². The Morgan fingerprint density at radius 3 is 2.88 bits per heavy atom. The summed E-state index contributed by atoms with van der Waals surface area (Å²) in [5.41, 5.74) is 2.99. The molecule has 25 heavy (non-hydrogen) atoms. The van der Waals surface area contributed by atoms with Crippen molar-refractivity contribution in [3.63, 3.8) is 0 Å². The third-order valence-electron chi connectivity index (χ3n) is 3.74. The van der Waals surface area contributed by atoms with E-state index in [9.17, 15) is 9.18 Å². The van der Waals surface area contributed by atoms with Crippen LogP contribution in [0.25, 0.3) is 11.0 Å². The summed E-state index contributed by atoms with van der Waals surface area (Å²) in [6.45, 7) is 4.12. The van der Waals surface area contributed by atoms with Crippen LogP contribution < -0.4 is 10.1 Å². The molecule has 2 aromatic carbocycles. The predicted molar refractivity (Wildman–Crippen MR) is 94.3 cm³/mol. The number of ether oxygens (including phenoxy) is 1. The summed E-state index contributed by atoms with van der Waals surface area (Å²) < 4.78 is 19.3. The molecule has 0 bridgehead atoms. The Morgan fingerprint density at radius 1 is 1.28 bits per heavy atom. The highest BCUT2D eigenvalue weighted by Gasteiger charge is 2.09. The molecule has 0 aliphatic carbocycles. The van der Waals surface area contributed by atoms with Crippen molar-refractivity contribution >= 4 is 16.9 Å². The first-order valence-corrected chi connectivity index (χ1v) is 8.19. The summed E-state index contributed by atoms with van der Waals surface area (Å²) in [7, 11) is 0. The van der Waals surface area contributed by atoms with Crippen molar-refractivity contribution in [2.24, 2.45) is 0 Å². The van der Waals surface area contributed by atoms with Crippen molar-refractivity contribution in [2.75, 3.05) is 6.54 Å². The van der Waals surface area contributed by atoms with Crippen LogP contribution in [0.5, 0.6) is 5.75 Å². The zero-order chi connectivity index (χ0) is 17.8. The lowest BCUT2D eigenvalue weighted by Crippen LogP contribution is -2.25. The number of rotatable bonds is 6. The first-order chi connectivity index (χ1) is 12.0. The number of nitrogens with one attached hydrogen (secondary N) is 2. The van der Waals surface area contributed by atoms with Gasteiger partial charge in [0.2, 0.25) is 0 Å². The minimum atomic E-state index is -0.387. The number of carbonyl (C=O) groups excluding carboxylic acids is 1. The Kier molecular flexibility index (Phi) is 4.97. The van der Waals surface area contributed by atoms with Crippen LogP contribution in [0.15, 0.2) is 42.7 Å². The third-order valence-corrected chi connectivity index (χ3v) is 3.74. The van der Waals surface area contributed by atoms with Gasteiger partial charge in [-0.25, -0.2) is 9.37 Å². The number of aromatic amines is 1. The van der Waals surface area contributed by atoms with Gasteiger partial charge in [-0.15, -0.1) is 0 Å². The average molecular weight is 341 g/mol. The van der Waals surface area contributed by atoms with Crippen LogP contribution in [0.3, 0.4) is 0 Å². The summed E-state index contributed by atoms with van der Waals surface area (Å²) in [5, 5.41) is 2.84. The zero-order valence-corrected chi connectivity index (χ0v) is 14.2. The molecule has 1 heterocycles. The quantitative estimate of drug-likeness (QED) is 0.721. The molecule has 0 saturated heterocycles. The molecule has 0 fully saturated rings. The van der Waals surface area contributed by atoms with Gasteiger partial charge in [-0.05, 0) is 56.2 Å². The second-order valence-corrected chi connectivity index (χ2v) is 6.07. The molecule has 1 aromatic heterocycles. The summed E-state index contributed by atoms with van der Waals surface area (Å²) in [6.07, 6.45) is 2.05. The van der Waals surface area contributed by atoms with Gasteiger partial charge in [-0.2, -0.15) is 0 Å². The molecule has 5 nitrogen and oxygen atoms in total. The molecule has 2 N–H and O–H groups in total. The highest BCUT2D eigenvalue weighted by atomic mass is 19.1. The molecule has 1 amide bonds. The Hall–Kier alpha value is -2.89. The van der Waals surface area contributed by atoms with E-state index in [2.05, 4.69) is 15.3 Å². The Balaban J connectivity index is 1.56. The fraction of sp³-hybridized carbons (Fsp3) is 0.263. The number of carbonyl (C=O) groups is 1. The van der Waals surface area contributed by atoms with E-state index in [4.69, 9.17) is 4.74 Å². The van der Waals surface area contributed by atoms with Crippen LogP contribution in [0.4, 0.5) is 4.39 Å². The number of nitrogens with zero attached hydrogens (tertiary/aromatic N) is 1. The number of imidazole rings is 1. The van der Waals surface area contributed by atoms with E-state index in [1.54, 1.807) is 30.6 Å². The molecule has 3 rings (SSSR count). The van der Waals surface area contributed by atoms with Crippen LogP contribution in [0.2, 0.25) is 0 Å². The van der Waals surface area contributed by atoms with Crippen LogP contribution in [-0.2, 0) is 6.42 Å². The fourth-order valence-corrected chi connectivity index (χ4v) is 2.55. The molecule has 0 atom stereocenters. The molecule has 0 spiro atoms. The average Bonchev–Trinajstić information content (AvgIpc) is 3.04. The molecule has 0 aliphatic heterocycles. The Bertz CT molecular complexity index is 889. The van der Waals surface area contributed by atoms with Gasteiger partial charge in [0, 0.05) is 12.1 Å². The number of aromatic nitrogens is 2. The minimum absolute atomic E-state index is 0.0770. The normalized spacial score (nSPS) is 11.0. The van der Waals surface area contributed by atoms with Crippen molar-refractivity contribution in [3.05, 3.63) is 59.7 Å². The Labute approximate surface area is 145 Å². The lowest BCUT2D eigenvalue weighted by molar-refractivity contribution is 0.0954. The van der Waals surface area contributed by atoms with Gasteiger partial charge in [-0.1, -0.05) is 6.07 Å². The molecule has 6 heteroatoms. The molecule has 130 valence electrons. The summed E-state index contributed by atoms with van der Waals surface area (Å²) >= 11 is 0. The molecule has 3 aromatic rings. The van der Waals surface area contributed by atoms with Crippen LogP contribution in [0, 0.1) is 5.82 Å². The predicted octanol–water partition coefficient (Wildman–Crippen LogP) is 3.46. The van der Waals surface area contributed by atoms with Crippen LogP contribution >= 0.6 is 0 Å². The lowest BCUT2D eigenvalue weighted by Gasteiger charge is -2.11. The van der Waals surface area contributed by atoms with Crippen molar-refractivity contribution in [3.8, 4) is 5.75 Å². The van der Waals surface area contributed by atoms with Crippen molar-refractivity contribution in [1.29, 1.82) is 0 Å².